The summed E-state index contributed by atoms with van der Waals surface area (Å²) < 4.78 is 16.9. The van der Waals surface area contributed by atoms with Crippen molar-refractivity contribution in [3.63, 3.8) is 0 Å². The molecule has 0 saturated heterocycles. The SMILES string of the molecule is CCCCCCCCCCCCCCCCCC(=O)O[C@H](COC(=O)CCCCCCCCCCCCCC)COC(=O)CCCCCCCCCCCCCCCCCC(C)C. The number of rotatable bonds is 52. The molecule has 0 radical (unpaired) electrons. The molecule has 0 bridgehead atoms. The normalized spacial score (nSPS) is 12.0. The minimum absolute atomic E-state index is 0.0619. The van der Waals surface area contributed by atoms with Crippen molar-refractivity contribution >= 4 is 17.9 Å². The van der Waals surface area contributed by atoms with Crippen LogP contribution in [0.25, 0.3) is 0 Å². The van der Waals surface area contributed by atoms with Gasteiger partial charge in [-0.05, 0) is 25.2 Å². The van der Waals surface area contributed by atoms with Gasteiger partial charge in [-0.1, -0.05) is 285 Å². The lowest BCUT2D eigenvalue weighted by atomic mass is 10.0. The van der Waals surface area contributed by atoms with E-state index in [-0.39, 0.29) is 31.1 Å². The van der Waals surface area contributed by atoms with E-state index in [2.05, 4.69) is 27.7 Å². The molecule has 0 aliphatic heterocycles. The monoisotopic (exact) mass is 891 g/mol. The summed E-state index contributed by atoms with van der Waals surface area (Å²) in [6.07, 6.45) is 55.2. The molecule has 0 aromatic heterocycles. The third-order valence-corrected chi connectivity index (χ3v) is 13.0. The van der Waals surface area contributed by atoms with Crippen LogP contribution in [0.3, 0.4) is 0 Å². The fourth-order valence-electron chi connectivity index (χ4n) is 8.75. The van der Waals surface area contributed by atoms with Crippen molar-refractivity contribution in [1.82, 2.24) is 0 Å². The molecule has 6 heteroatoms. The highest BCUT2D eigenvalue weighted by atomic mass is 16.6. The molecule has 0 saturated carbocycles. The number of carbonyl (C=O) groups is 3. The predicted octanol–water partition coefficient (Wildman–Crippen LogP) is 18.6. The number of esters is 3. The minimum Gasteiger partial charge on any atom is -0.462 e. The topological polar surface area (TPSA) is 78.9 Å². The number of hydrogen-bond donors (Lipinski definition) is 0. The van der Waals surface area contributed by atoms with E-state index in [9.17, 15) is 14.4 Å². The Labute approximate surface area is 393 Å². The lowest BCUT2D eigenvalue weighted by molar-refractivity contribution is -0.167. The summed E-state index contributed by atoms with van der Waals surface area (Å²) in [4.78, 5) is 38.1. The Kier molecular flexibility index (Phi) is 50.1. The maximum Gasteiger partial charge on any atom is 0.306 e. The maximum absolute atomic E-state index is 12.8. The van der Waals surface area contributed by atoms with Crippen molar-refractivity contribution in [3.8, 4) is 0 Å². The first-order chi connectivity index (χ1) is 30.9. The summed E-state index contributed by atoms with van der Waals surface area (Å²) in [7, 11) is 0. The van der Waals surface area contributed by atoms with Gasteiger partial charge in [-0.2, -0.15) is 0 Å². The summed E-state index contributed by atoms with van der Waals surface area (Å²) in [5.74, 6) is 0.0126. The summed E-state index contributed by atoms with van der Waals surface area (Å²) in [5.41, 5.74) is 0. The second-order valence-electron chi connectivity index (χ2n) is 20.1. The van der Waals surface area contributed by atoms with Crippen LogP contribution in [0.5, 0.6) is 0 Å². The van der Waals surface area contributed by atoms with E-state index < -0.39 is 6.10 Å². The van der Waals surface area contributed by atoms with Gasteiger partial charge in [0.1, 0.15) is 13.2 Å². The Hall–Kier alpha value is -1.59. The molecule has 0 spiro atoms. The van der Waals surface area contributed by atoms with Crippen LogP contribution in [0.1, 0.15) is 323 Å². The third kappa shape index (κ3) is 51.3. The summed E-state index contributed by atoms with van der Waals surface area (Å²) in [5, 5.41) is 0. The zero-order valence-electron chi connectivity index (χ0n) is 43.0. The molecule has 0 amide bonds. The first-order valence-corrected chi connectivity index (χ1v) is 28.4. The number of unbranched alkanes of at least 4 members (excludes halogenated alkanes) is 39. The van der Waals surface area contributed by atoms with Crippen molar-refractivity contribution in [2.45, 2.75) is 329 Å². The Morgan fingerprint density at radius 2 is 0.524 bits per heavy atom. The molecule has 0 N–H and O–H groups in total. The van der Waals surface area contributed by atoms with Crippen LogP contribution in [-0.2, 0) is 28.6 Å². The minimum atomic E-state index is -0.761. The lowest BCUT2D eigenvalue weighted by Crippen LogP contribution is -2.30. The predicted molar refractivity (Wildman–Crippen MR) is 270 cm³/mol. The molecule has 0 rings (SSSR count). The summed E-state index contributed by atoms with van der Waals surface area (Å²) in [6, 6.07) is 0. The van der Waals surface area contributed by atoms with Gasteiger partial charge in [-0.25, -0.2) is 0 Å². The number of ether oxygens (including phenoxy) is 3. The molecule has 0 aromatic rings. The van der Waals surface area contributed by atoms with E-state index >= 15 is 0 Å². The van der Waals surface area contributed by atoms with Crippen molar-refractivity contribution in [2.24, 2.45) is 5.92 Å². The Morgan fingerprint density at radius 3 is 0.778 bits per heavy atom. The van der Waals surface area contributed by atoms with Gasteiger partial charge in [-0.15, -0.1) is 0 Å². The van der Waals surface area contributed by atoms with Gasteiger partial charge in [0.2, 0.25) is 0 Å². The van der Waals surface area contributed by atoms with E-state index in [4.69, 9.17) is 14.2 Å². The van der Waals surface area contributed by atoms with E-state index in [1.165, 1.54) is 218 Å². The zero-order valence-corrected chi connectivity index (χ0v) is 43.0. The number of hydrogen-bond acceptors (Lipinski definition) is 6. The molecule has 6 nitrogen and oxygen atoms in total. The van der Waals surface area contributed by atoms with Gasteiger partial charge in [0.05, 0.1) is 0 Å². The fourth-order valence-corrected chi connectivity index (χ4v) is 8.75. The summed E-state index contributed by atoms with van der Waals surface area (Å²) in [6.45, 7) is 9.06. The average Bonchev–Trinajstić information content (AvgIpc) is 3.27. The van der Waals surface area contributed by atoms with Crippen LogP contribution >= 0.6 is 0 Å². The summed E-state index contributed by atoms with van der Waals surface area (Å²) >= 11 is 0. The average molecular weight is 892 g/mol. The van der Waals surface area contributed by atoms with Crippen LogP contribution in [0.2, 0.25) is 0 Å². The highest BCUT2D eigenvalue weighted by Crippen LogP contribution is 2.18. The number of carbonyl (C=O) groups excluding carboxylic acids is 3. The first kappa shape index (κ1) is 61.4. The van der Waals surface area contributed by atoms with E-state index in [1.807, 2.05) is 0 Å². The van der Waals surface area contributed by atoms with Crippen molar-refractivity contribution in [1.29, 1.82) is 0 Å². The largest absolute Gasteiger partial charge is 0.462 e. The standard InChI is InChI=1S/C57H110O6/c1-5-7-9-11-13-15-17-19-21-26-30-34-38-42-46-50-57(60)63-54(51-61-55(58)48-44-40-36-32-28-18-16-14-12-10-8-6-2)52-62-56(59)49-45-41-37-33-29-25-23-20-22-24-27-31-35-39-43-47-53(3)4/h53-54H,5-52H2,1-4H3/t54-/m1/s1. The van der Waals surface area contributed by atoms with Crippen LogP contribution in [0.15, 0.2) is 0 Å². The van der Waals surface area contributed by atoms with Crippen molar-refractivity contribution in [3.05, 3.63) is 0 Å². The van der Waals surface area contributed by atoms with Crippen molar-refractivity contribution < 1.29 is 28.6 Å². The van der Waals surface area contributed by atoms with Crippen LogP contribution in [-0.4, -0.2) is 37.2 Å². The van der Waals surface area contributed by atoms with E-state index in [0.29, 0.717) is 19.3 Å². The first-order valence-electron chi connectivity index (χ1n) is 28.4. The van der Waals surface area contributed by atoms with Crippen molar-refractivity contribution in [2.75, 3.05) is 13.2 Å². The Morgan fingerprint density at radius 1 is 0.302 bits per heavy atom. The maximum atomic E-state index is 12.8. The molecule has 0 heterocycles. The third-order valence-electron chi connectivity index (χ3n) is 13.0. The molecular formula is C57H110O6. The zero-order chi connectivity index (χ0) is 45.9. The molecule has 0 aliphatic carbocycles. The molecule has 1 atom stereocenters. The molecule has 0 unspecified atom stereocenters. The Bertz CT molecular complexity index is 949. The Balaban J connectivity index is 4.27. The quantitative estimate of drug-likeness (QED) is 0.0344. The molecule has 0 fully saturated rings. The fraction of sp³-hybridized carbons (Fsp3) is 0.947. The van der Waals surface area contributed by atoms with Crippen LogP contribution in [0.4, 0.5) is 0 Å². The van der Waals surface area contributed by atoms with Gasteiger partial charge in [0.15, 0.2) is 6.10 Å². The van der Waals surface area contributed by atoms with Crippen LogP contribution < -0.4 is 0 Å². The van der Waals surface area contributed by atoms with Crippen LogP contribution in [0, 0.1) is 5.92 Å². The molecule has 0 aliphatic rings. The lowest BCUT2D eigenvalue weighted by Gasteiger charge is -2.18. The molecular weight excluding hydrogens is 781 g/mol. The van der Waals surface area contributed by atoms with E-state index in [0.717, 1.165) is 63.7 Å². The highest BCUT2D eigenvalue weighted by Gasteiger charge is 2.19. The smallest absolute Gasteiger partial charge is 0.306 e. The molecule has 63 heavy (non-hydrogen) atoms. The molecule has 0 aromatic carbocycles. The molecule has 374 valence electrons. The van der Waals surface area contributed by atoms with Gasteiger partial charge in [0.25, 0.3) is 0 Å². The van der Waals surface area contributed by atoms with Gasteiger partial charge < -0.3 is 14.2 Å². The highest BCUT2D eigenvalue weighted by molar-refractivity contribution is 5.71. The van der Waals surface area contributed by atoms with E-state index in [1.54, 1.807) is 0 Å². The van der Waals surface area contributed by atoms with Gasteiger partial charge >= 0.3 is 17.9 Å². The second kappa shape index (κ2) is 51.4. The van der Waals surface area contributed by atoms with Gasteiger partial charge in [0, 0.05) is 19.3 Å². The second-order valence-corrected chi connectivity index (χ2v) is 20.1. The van der Waals surface area contributed by atoms with Gasteiger partial charge in [-0.3, -0.25) is 14.4 Å².